The third kappa shape index (κ3) is 5.35. The van der Waals surface area contributed by atoms with Crippen molar-refractivity contribution >= 4 is 21.4 Å². The summed E-state index contributed by atoms with van der Waals surface area (Å²) in [6.07, 6.45) is -2.54. The van der Waals surface area contributed by atoms with Gasteiger partial charge in [-0.2, -0.15) is 0 Å². The number of hydrogen-bond donors (Lipinski definition) is 1. The van der Waals surface area contributed by atoms with Crippen molar-refractivity contribution in [3.05, 3.63) is 83.9 Å². The van der Waals surface area contributed by atoms with Crippen molar-refractivity contribution in [3.63, 3.8) is 0 Å². The molecule has 0 spiro atoms. The van der Waals surface area contributed by atoms with Gasteiger partial charge in [-0.15, -0.1) is 13.2 Å². The topological polar surface area (TPSA) is 67.9 Å². The van der Waals surface area contributed by atoms with Gasteiger partial charge in [-0.05, 0) is 66.8 Å². The molecule has 0 aliphatic carbocycles. The molecule has 2 aliphatic heterocycles. The number of ether oxygens (including phenoxy) is 2. The number of alkyl halides is 3. The van der Waals surface area contributed by atoms with E-state index in [1.165, 1.54) is 11.1 Å². The van der Waals surface area contributed by atoms with Crippen LogP contribution in [0.4, 0.5) is 24.5 Å². The zero-order valence-corrected chi connectivity index (χ0v) is 20.1. The molecule has 1 saturated heterocycles. The van der Waals surface area contributed by atoms with Crippen LogP contribution in [0.15, 0.2) is 77.7 Å². The van der Waals surface area contributed by atoms with Gasteiger partial charge in [-0.3, -0.25) is 0 Å². The van der Waals surface area contributed by atoms with Gasteiger partial charge in [0.2, 0.25) is 10.0 Å². The zero-order chi connectivity index (χ0) is 25.3. The molecule has 0 saturated carbocycles. The average molecular weight is 519 g/mol. The smallest absolute Gasteiger partial charge is 0.406 e. The molecule has 1 N–H and O–H groups in total. The summed E-state index contributed by atoms with van der Waals surface area (Å²) in [6.45, 7) is 0.631. The molecule has 2 heterocycles. The Labute approximate surface area is 207 Å². The van der Waals surface area contributed by atoms with E-state index < -0.39 is 28.2 Å². The molecule has 3 aromatic carbocycles. The molecule has 3 aromatic rings. The van der Waals surface area contributed by atoms with Crippen molar-refractivity contribution in [2.75, 3.05) is 18.1 Å². The molecule has 1 fully saturated rings. The fourth-order valence-corrected chi connectivity index (χ4v) is 6.12. The Balaban J connectivity index is 1.37. The van der Waals surface area contributed by atoms with Crippen LogP contribution >= 0.6 is 0 Å². The van der Waals surface area contributed by atoms with E-state index in [2.05, 4.69) is 38.6 Å². The number of halogens is 3. The lowest BCUT2D eigenvalue weighted by Gasteiger charge is -2.39. The molecule has 0 radical (unpaired) electrons. The van der Waals surface area contributed by atoms with Crippen molar-refractivity contribution < 1.29 is 31.1 Å². The molecule has 190 valence electrons. The van der Waals surface area contributed by atoms with Gasteiger partial charge >= 0.3 is 6.36 Å². The molecule has 6 nitrogen and oxygen atoms in total. The Morgan fingerprint density at radius 1 is 0.861 bits per heavy atom. The third-order valence-corrected chi connectivity index (χ3v) is 7.94. The molecule has 0 amide bonds. The van der Waals surface area contributed by atoms with Gasteiger partial charge in [-0.25, -0.2) is 13.1 Å². The minimum Gasteiger partial charge on any atom is -0.406 e. The van der Waals surface area contributed by atoms with Crippen LogP contribution < -0.4 is 14.4 Å². The fraction of sp³-hybridized carbons (Fsp3) is 0.308. The van der Waals surface area contributed by atoms with Gasteiger partial charge in [0.25, 0.3) is 0 Å². The van der Waals surface area contributed by atoms with Crippen LogP contribution in [0.1, 0.15) is 17.5 Å². The Hall–Kier alpha value is -3.08. The number of nitrogens with one attached hydrogen (secondary N) is 1. The number of nitrogens with zero attached hydrogens (tertiary/aromatic N) is 1. The lowest BCUT2D eigenvalue weighted by atomic mass is 10.0. The van der Waals surface area contributed by atoms with Gasteiger partial charge < -0.3 is 14.4 Å². The average Bonchev–Trinajstić information content (AvgIpc) is 3.00. The number of rotatable bonds is 5. The summed E-state index contributed by atoms with van der Waals surface area (Å²) in [4.78, 5) is 2.10. The summed E-state index contributed by atoms with van der Waals surface area (Å²) < 4.78 is 75.6. The summed E-state index contributed by atoms with van der Waals surface area (Å²) >= 11 is 0. The van der Waals surface area contributed by atoms with Crippen molar-refractivity contribution in [1.29, 1.82) is 0 Å². The minimum absolute atomic E-state index is 0.116. The standard InChI is InChI=1S/C26H25F3N2O4S/c27-26(28,29)35-22-11-13-23(14-12-22)36(32,33)30-20-15-21(17-34-16-20)31-24-7-3-1-5-18(24)9-10-19-6-2-4-8-25(19)31/h1-8,11-14,20-21,30H,9-10,15-17H2. The van der Waals surface area contributed by atoms with E-state index >= 15 is 0 Å². The number of para-hydroxylation sites is 2. The van der Waals surface area contributed by atoms with Gasteiger partial charge in [-0.1, -0.05) is 36.4 Å². The van der Waals surface area contributed by atoms with Crippen LogP contribution in [0.25, 0.3) is 0 Å². The number of fused-ring (bicyclic) bond motifs is 2. The summed E-state index contributed by atoms with van der Waals surface area (Å²) in [5.74, 6) is -0.485. The van der Waals surface area contributed by atoms with E-state index in [4.69, 9.17) is 4.74 Å². The number of benzene rings is 3. The summed E-state index contributed by atoms with van der Waals surface area (Å²) in [6, 6.07) is 19.9. The highest BCUT2D eigenvalue weighted by Gasteiger charge is 2.34. The van der Waals surface area contributed by atoms with Crippen LogP contribution in [-0.4, -0.2) is 40.1 Å². The van der Waals surface area contributed by atoms with E-state index in [0.29, 0.717) is 13.0 Å². The van der Waals surface area contributed by atoms with Crippen molar-refractivity contribution in [1.82, 2.24) is 4.72 Å². The molecular formula is C26H25F3N2O4S. The van der Waals surface area contributed by atoms with Gasteiger partial charge in [0.1, 0.15) is 5.75 Å². The first-order valence-electron chi connectivity index (χ1n) is 11.6. The van der Waals surface area contributed by atoms with Crippen LogP contribution in [0.2, 0.25) is 0 Å². The number of sulfonamides is 1. The number of hydrogen-bond acceptors (Lipinski definition) is 5. The normalized spacial score (nSPS) is 20.2. The van der Waals surface area contributed by atoms with E-state index in [1.54, 1.807) is 0 Å². The first-order valence-corrected chi connectivity index (χ1v) is 13.1. The molecule has 0 aromatic heterocycles. The quantitative estimate of drug-likeness (QED) is 0.517. The highest BCUT2D eigenvalue weighted by Crippen LogP contribution is 2.39. The van der Waals surface area contributed by atoms with Crippen LogP contribution in [0, 0.1) is 0 Å². The van der Waals surface area contributed by atoms with Gasteiger partial charge in [0, 0.05) is 17.4 Å². The van der Waals surface area contributed by atoms with Gasteiger partial charge in [0.15, 0.2) is 0 Å². The predicted molar refractivity (Wildman–Crippen MR) is 129 cm³/mol. The van der Waals surface area contributed by atoms with Crippen molar-refractivity contribution in [2.45, 2.75) is 42.6 Å². The van der Waals surface area contributed by atoms with Crippen LogP contribution in [0.3, 0.4) is 0 Å². The first kappa shape index (κ1) is 24.6. The second kappa shape index (κ2) is 9.76. The maximum absolute atomic E-state index is 13.0. The van der Waals surface area contributed by atoms with E-state index in [1.807, 2.05) is 24.3 Å². The lowest BCUT2D eigenvalue weighted by molar-refractivity contribution is -0.274. The molecule has 10 heteroatoms. The fourth-order valence-electron chi connectivity index (χ4n) is 4.89. The van der Waals surface area contributed by atoms with Crippen LogP contribution in [0.5, 0.6) is 5.75 Å². The Morgan fingerprint density at radius 2 is 1.44 bits per heavy atom. The van der Waals surface area contributed by atoms with Gasteiger partial charge in [0.05, 0.1) is 24.2 Å². The maximum atomic E-state index is 13.0. The second-order valence-electron chi connectivity index (χ2n) is 8.89. The van der Waals surface area contributed by atoms with Crippen LogP contribution in [-0.2, 0) is 27.6 Å². The molecule has 2 unspecified atom stereocenters. The summed E-state index contributed by atoms with van der Waals surface area (Å²) in [5, 5.41) is 0. The Kier molecular flexibility index (Phi) is 6.67. The first-order chi connectivity index (χ1) is 17.2. The monoisotopic (exact) mass is 518 g/mol. The molecule has 2 atom stereocenters. The minimum atomic E-state index is -4.85. The second-order valence-corrected chi connectivity index (χ2v) is 10.6. The van der Waals surface area contributed by atoms with E-state index in [-0.39, 0.29) is 17.5 Å². The predicted octanol–water partition coefficient (Wildman–Crippen LogP) is 4.96. The highest BCUT2D eigenvalue weighted by atomic mass is 32.2. The Bertz CT molecular complexity index is 1280. The number of aryl methyl sites for hydroxylation is 2. The summed E-state index contributed by atoms with van der Waals surface area (Å²) in [7, 11) is -3.99. The SMILES string of the molecule is O=S(=O)(NC1COCC(N2c3ccccc3CCc3ccccc32)C1)c1ccc(OC(F)(F)F)cc1. The van der Waals surface area contributed by atoms with E-state index in [0.717, 1.165) is 48.5 Å². The molecule has 36 heavy (non-hydrogen) atoms. The van der Waals surface area contributed by atoms with E-state index in [9.17, 15) is 21.6 Å². The Morgan fingerprint density at radius 3 is 2.03 bits per heavy atom. The molecule has 5 rings (SSSR count). The molecule has 0 bridgehead atoms. The highest BCUT2D eigenvalue weighted by molar-refractivity contribution is 7.89. The van der Waals surface area contributed by atoms with Crippen molar-refractivity contribution in [3.8, 4) is 5.75 Å². The molecular weight excluding hydrogens is 493 g/mol. The maximum Gasteiger partial charge on any atom is 0.573 e. The molecule has 2 aliphatic rings. The largest absolute Gasteiger partial charge is 0.573 e. The van der Waals surface area contributed by atoms with Crippen molar-refractivity contribution in [2.24, 2.45) is 0 Å². The zero-order valence-electron chi connectivity index (χ0n) is 19.2. The third-order valence-electron chi connectivity index (χ3n) is 6.41. The number of anilines is 2. The summed E-state index contributed by atoms with van der Waals surface area (Å²) in [5.41, 5.74) is 4.61. The lowest BCUT2D eigenvalue weighted by Crippen LogP contribution is -2.50.